The lowest BCUT2D eigenvalue weighted by atomic mass is 9.97. The van der Waals surface area contributed by atoms with Crippen molar-refractivity contribution in [1.82, 2.24) is 5.32 Å². The molecule has 0 fully saturated rings. The Morgan fingerprint density at radius 3 is 2.52 bits per heavy atom. The predicted molar refractivity (Wildman–Crippen MR) is 97.8 cm³/mol. The third-order valence-corrected chi connectivity index (χ3v) is 5.05. The van der Waals surface area contributed by atoms with E-state index < -0.39 is 0 Å². The predicted octanol–water partition coefficient (Wildman–Crippen LogP) is 5.80. The molecule has 0 spiro atoms. The van der Waals surface area contributed by atoms with Gasteiger partial charge in [-0.1, -0.05) is 74.7 Å². The van der Waals surface area contributed by atoms with E-state index in [0.717, 1.165) is 19.4 Å². The minimum atomic E-state index is 0.318. The Bertz CT molecular complexity index is 596. The van der Waals surface area contributed by atoms with Crippen LogP contribution in [0.1, 0.15) is 36.1 Å². The zero-order valence-electron chi connectivity index (χ0n) is 12.5. The van der Waals surface area contributed by atoms with E-state index in [1.807, 2.05) is 0 Å². The summed E-state index contributed by atoms with van der Waals surface area (Å²) in [6, 6.07) is 15.3. The third-order valence-electron chi connectivity index (χ3n) is 3.55. The van der Waals surface area contributed by atoms with Crippen LogP contribution in [-0.4, -0.2) is 6.54 Å². The van der Waals surface area contributed by atoms with E-state index >= 15 is 0 Å². The number of nitrogens with one attached hydrogen (secondary N) is 1. The molecule has 1 atom stereocenters. The van der Waals surface area contributed by atoms with Gasteiger partial charge >= 0.3 is 0 Å². The Kier molecular flexibility index (Phi) is 6.46. The molecule has 2 aromatic rings. The maximum Gasteiger partial charge on any atom is 0.0372 e. The van der Waals surface area contributed by atoms with E-state index in [1.54, 1.807) is 0 Å². The van der Waals surface area contributed by atoms with Crippen LogP contribution in [0.5, 0.6) is 0 Å². The van der Waals surface area contributed by atoms with Crippen molar-refractivity contribution >= 4 is 31.9 Å². The van der Waals surface area contributed by atoms with Gasteiger partial charge in [0.25, 0.3) is 0 Å². The first-order chi connectivity index (χ1) is 10.1. The summed E-state index contributed by atoms with van der Waals surface area (Å²) in [6.45, 7) is 5.37. The summed E-state index contributed by atoms with van der Waals surface area (Å²) in [7, 11) is 0. The van der Waals surface area contributed by atoms with Gasteiger partial charge in [0.05, 0.1) is 0 Å². The second-order valence-corrected chi connectivity index (χ2v) is 7.04. The van der Waals surface area contributed by atoms with Crippen molar-refractivity contribution in [3.05, 3.63) is 68.1 Å². The molecule has 21 heavy (non-hydrogen) atoms. The zero-order chi connectivity index (χ0) is 15.2. The van der Waals surface area contributed by atoms with Crippen molar-refractivity contribution in [1.29, 1.82) is 0 Å². The molecule has 1 unspecified atom stereocenters. The van der Waals surface area contributed by atoms with Crippen LogP contribution in [0.2, 0.25) is 0 Å². The van der Waals surface area contributed by atoms with Crippen molar-refractivity contribution in [2.24, 2.45) is 0 Å². The normalized spacial score (nSPS) is 12.4. The summed E-state index contributed by atoms with van der Waals surface area (Å²) in [6.07, 6.45) is 2.11. The number of hydrogen-bond donors (Lipinski definition) is 1. The molecule has 0 saturated heterocycles. The minimum absolute atomic E-state index is 0.318. The molecule has 3 heteroatoms. The van der Waals surface area contributed by atoms with Gasteiger partial charge in [-0.25, -0.2) is 0 Å². The minimum Gasteiger partial charge on any atom is -0.310 e. The maximum absolute atomic E-state index is 3.70. The van der Waals surface area contributed by atoms with E-state index in [0.29, 0.717) is 6.04 Å². The number of halogens is 2. The molecule has 1 nitrogen and oxygen atoms in total. The van der Waals surface area contributed by atoms with Gasteiger partial charge in [0.1, 0.15) is 0 Å². The van der Waals surface area contributed by atoms with Gasteiger partial charge in [0.2, 0.25) is 0 Å². The largest absolute Gasteiger partial charge is 0.310 e. The number of aryl methyl sites for hydroxylation is 1. The molecule has 2 aromatic carbocycles. The zero-order valence-corrected chi connectivity index (χ0v) is 15.7. The van der Waals surface area contributed by atoms with Gasteiger partial charge in [0, 0.05) is 15.0 Å². The van der Waals surface area contributed by atoms with Crippen LogP contribution < -0.4 is 5.32 Å². The van der Waals surface area contributed by atoms with Gasteiger partial charge in [-0.2, -0.15) is 0 Å². The fourth-order valence-electron chi connectivity index (χ4n) is 2.42. The molecular weight excluding hydrogens is 390 g/mol. The first kappa shape index (κ1) is 16.7. The Morgan fingerprint density at radius 2 is 1.81 bits per heavy atom. The average molecular weight is 411 g/mol. The van der Waals surface area contributed by atoms with Gasteiger partial charge in [-0.15, -0.1) is 0 Å². The van der Waals surface area contributed by atoms with E-state index in [4.69, 9.17) is 0 Å². The Morgan fingerprint density at radius 1 is 1.05 bits per heavy atom. The Hall–Kier alpha value is -0.640. The SMILES string of the molecule is CCCNC(Cc1ccccc1Br)c1cc(C)ccc1Br. The van der Waals surface area contributed by atoms with Crippen molar-refractivity contribution < 1.29 is 0 Å². The lowest BCUT2D eigenvalue weighted by molar-refractivity contribution is 0.526. The second-order valence-electron chi connectivity index (χ2n) is 5.33. The molecule has 0 saturated carbocycles. The van der Waals surface area contributed by atoms with Gasteiger partial charge in [0.15, 0.2) is 0 Å². The molecule has 1 N–H and O–H groups in total. The summed E-state index contributed by atoms with van der Waals surface area (Å²) < 4.78 is 2.35. The highest BCUT2D eigenvalue weighted by atomic mass is 79.9. The van der Waals surface area contributed by atoms with Gasteiger partial charge in [-0.05, 0) is 49.6 Å². The molecule has 0 aliphatic heterocycles. The second kappa shape index (κ2) is 8.11. The van der Waals surface area contributed by atoms with Crippen molar-refractivity contribution in [3.63, 3.8) is 0 Å². The Labute approximate surface area is 144 Å². The lowest BCUT2D eigenvalue weighted by Crippen LogP contribution is -2.24. The maximum atomic E-state index is 3.70. The van der Waals surface area contributed by atoms with E-state index in [9.17, 15) is 0 Å². The fraction of sp³-hybridized carbons (Fsp3) is 0.333. The molecule has 2 rings (SSSR count). The smallest absolute Gasteiger partial charge is 0.0372 e. The molecule has 0 amide bonds. The highest BCUT2D eigenvalue weighted by Gasteiger charge is 2.16. The van der Waals surface area contributed by atoms with Crippen molar-refractivity contribution in [2.75, 3.05) is 6.54 Å². The van der Waals surface area contributed by atoms with Crippen LogP contribution in [0.25, 0.3) is 0 Å². The average Bonchev–Trinajstić information content (AvgIpc) is 2.48. The summed E-state index contributed by atoms with van der Waals surface area (Å²) in [5.41, 5.74) is 3.96. The molecule has 0 aliphatic carbocycles. The van der Waals surface area contributed by atoms with E-state index in [2.05, 4.69) is 93.5 Å². The topological polar surface area (TPSA) is 12.0 Å². The first-order valence-corrected chi connectivity index (χ1v) is 8.93. The van der Waals surface area contributed by atoms with Crippen LogP contribution >= 0.6 is 31.9 Å². The number of hydrogen-bond acceptors (Lipinski definition) is 1. The van der Waals surface area contributed by atoms with Crippen LogP contribution in [0.3, 0.4) is 0 Å². The molecule has 112 valence electrons. The molecule has 0 radical (unpaired) electrons. The van der Waals surface area contributed by atoms with Crippen LogP contribution in [-0.2, 0) is 6.42 Å². The Balaban J connectivity index is 2.30. The first-order valence-electron chi connectivity index (χ1n) is 7.34. The van der Waals surface area contributed by atoms with E-state index in [1.165, 1.54) is 25.6 Å². The molecule has 0 heterocycles. The van der Waals surface area contributed by atoms with Gasteiger partial charge < -0.3 is 5.32 Å². The van der Waals surface area contributed by atoms with Crippen LogP contribution in [0, 0.1) is 6.92 Å². The number of benzene rings is 2. The van der Waals surface area contributed by atoms with Crippen molar-refractivity contribution in [3.8, 4) is 0 Å². The highest BCUT2D eigenvalue weighted by Crippen LogP contribution is 2.29. The summed E-state index contributed by atoms with van der Waals surface area (Å²) in [5, 5.41) is 3.68. The van der Waals surface area contributed by atoms with Crippen LogP contribution in [0.15, 0.2) is 51.4 Å². The number of rotatable bonds is 6. The van der Waals surface area contributed by atoms with Gasteiger partial charge in [-0.3, -0.25) is 0 Å². The van der Waals surface area contributed by atoms with Crippen LogP contribution in [0.4, 0.5) is 0 Å². The monoisotopic (exact) mass is 409 g/mol. The molecule has 0 aliphatic rings. The molecule has 0 bridgehead atoms. The highest BCUT2D eigenvalue weighted by molar-refractivity contribution is 9.10. The fourth-order valence-corrected chi connectivity index (χ4v) is 3.39. The molecule has 0 aromatic heterocycles. The summed E-state index contributed by atoms with van der Waals surface area (Å²) in [4.78, 5) is 0. The summed E-state index contributed by atoms with van der Waals surface area (Å²) >= 11 is 7.36. The quantitative estimate of drug-likeness (QED) is 0.634. The van der Waals surface area contributed by atoms with Crippen molar-refractivity contribution in [2.45, 2.75) is 32.7 Å². The standard InChI is InChI=1S/C18H21Br2N/c1-3-10-21-18(12-14-6-4-5-7-16(14)19)15-11-13(2)8-9-17(15)20/h4-9,11,18,21H,3,10,12H2,1-2H3. The third kappa shape index (κ3) is 4.67. The summed E-state index contributed by atoms with van der Waals surface area (Å²) in [5.74, 6) is 0. The lowest BCUT2D eigenvalue weighted by Gasteiger charge is -2.21. The molecular formula is C18H21Br2N. The van der Waals surface area contributed by atoms with E-state index in [-0.39, 0.29) is 0 Å².